The fourth-order valence-electron chi connectivity index (χ4n) is 3.23. The van der Waals surface area contributed by atoms with Crippen molar-refractivity contribution in [2.45, 2.75) is 19.1 Å². The summed E-state index contributed by atoms with van der Waals surface area (Å²) in [5.41, 5.74) is 2.50. The molecule has 6 nitrogen and oxygen atoms in total. The van der Waals surface area contributed by atoms with Crippen LogP contribution in [0.5, 0.6) is 5.75 Å². The molecule has 2 atom stereocenters. The number of carbonyl (C=O) groups is 1. The highest BCUT2D eigenvalue weighted by atomic mass is 35.5. The lowest BCUT2D eigenvalue weighted by Gasteiger charge is -2.35. The number of methoxy groups -OCH3 is 1. The molecule has 152 valence electrons. The molecule has 0 aliphatic carbocycles. The van der Waals surface area contributed by atoms with E-state index in [0.29, 0.717) is 12.2 Å². The molecular formula is C21H27ClN2O4. The molecule has 0 saturated carbocycles. The first kappa shape index (κ1) is 22.0. The zero-order chi connectivity index (χ0) is 19.2. The zero-order valence-corrected chi connectivity index (χ0v) is 16.9. The van der Waals surface area contributed by atoms with E-state index in [1.807, 2.05) is 30.3 Å². The smallest absolute Gasteiger partial charge is 0.335 e. The maximum atomic E-state index is 11.0. The lowest BCUT2D eigenvalue weighted by Crippen LogP contribution is -2.47. The summed E-state index contributed by atoms with van der Waals surface area (Å²) in [7, 11) is 1.67. The summed E-state index contributed by atoms with van der Waals surface area (Å²) in [6.07, 6.45) is 0.0750. The quantitative estimate of drug-likeness (QED) is 0.734. The number of carboxylic acid groups (broad SMARTS) is 1. The maximum absolute atomic E-state index is 11.0. The van der Waals surface area contributed by atoms with Gasteiger partial charge in [0.15, 0.2) is 0 Å². The first-order chi connectivity index (χ1) is 13.1. The Morgan fingerprint density at radius 1 is 1.32 bits per heavy atom. The van der Waals surface area contributed by atoms with Gasteiger partial charge in [0.1, 0.15) is 5.75 Å². The number of nitrogens with one attached hydrogen (secondary N) is 1. The molecule has 2 aromatic carbocycles. The van der Waals surface area contributed by atoms with Gasteiger partial charge in [-0.15, -0.1) is 12.4 Å². The normalized spacial score (nSPS) is 17.5. The Hall–Kier alpha value is -2.28. The molecule has 3 rings (SSSR count). The minimum absolute atomic E-state index is 0. The first-order valence-electron chi connectivity index (χ1n) is 9.14. The van der Waals surface area contributed by atoms with Crippen molar-refractivity contribution in [1.82, 2.24) is 5.32 Å². The van der Waals surface area contributed by atoms with Crippen molar-refractivity contribution < 1.29 is 19.4 Å². The molecule has 1 aliphatic heterocycles. The van der Waals surface area contributed by atoms with Crippen LogP contribution < -0.4 is 15.0 Å². The molecule has 0 aromatic heterocycles. The highest BCUT2D eigenvalue weighted by Crippen LogP contribution is 2.21. The summed E-state index contributed by atoms with van der Waals surface area (Å²) >= 11 is 0. The topological polar surface area (TPSA) is 71.0 Å². The summed E-state index contributed by atoms with van der Waals surface area (Å²) in [5.74, 6) is -0.0526. The lowest BCUT2D eigenvalue weighted by atomic mass is 10.1. The summed E-state index contributed by atoms with van der Waals surface area (Å²) in [6, 6.07) is 15.2. The molecule has 0 radical (unpaired) electrons. The van der Waals surface area contributed by atoms with Crippen molar-refractivity contribution in [3.63, 3.8) is 0 Å². The Bertz CT molecular complexity index is 769. The van der Waals surface area contributed by atoms with Gasteiger partial charge >= 0.3 is 5.97 Å². The van der Waals surface area contributed by atoms with E-state index in [0.717, 1.165) is 31.1 Å². The summed E-state index contributed by atoms with van der Waals surface area (Å²) in [6.45, 7) is 5.08. The molecule has 1 fully saturated rings. The van der Waals surface area contributed by atoms with Gasteiger partial charge in [-0.05, 0) is 48.9 Å². The predicted octanol–water partition coefficient (Wildman–Crippen LogP) is 3.37. The van der Waals surface area contributed by atoms with Crippen LogP contribution in [0.2, 0.25) is 0 Å². The van der Waals surface area contributed by atoms with Crippen LogP contribution in [-0.4, -0.2) is 50.5 Å². The van der Waals surface area contributed by atoms with Gasteiger partial charge in [-0.1, -0.05) is 12.1 Å². The Morgan fingerprint density at radius 2 is 2.07 bits per heavy atom. The number of rotatable bonds is 7. The van der Waals surface area contributed by atoms with Crippen LogP contribution in [0, 0.1) is 0 Å². The number of benzene rings is 2. The van der Waals surface area contributed by atoms with Crippen LogP contribution in [0.25, 0.3) is 0 Å². The van der Waals surface area contributed by atoms with E-state index in [9.17, 15) is 4.79 Å². The van der Waals surface area contributed by atoms with Crippen molar-refractivity contribution in [2.75, 3.05) is 38.3 Å². The van der Waals surface area contributed by atoms with E-state index >= 15 is 0 Å². The molecule has 0 spiro atoms. The average Bonchev–Trinajstić information content (AvgIpc) is 2.72. The van der Waals surface area contributed by atoms with Crippen LogP contribution in [0.3, 0.4) is 0 Å². The van der Waals surface area contributed by atoms with Gasteiger partial charge < -0.3 is 24.8 Å². The average molecular weight is 407 g/mol. The summed E-state index contributed by atoms with van der Waals surface area (Å²) < 4.78 is 11.2. The second kappa shape index (κ2) is 10.3. The Morgan fingerprint density at radius 3 is 2.75 bits per heavy atom. The molecule has 0 bridgehead atoms. The number of aromatic carboxylic acids is 1. The molecular weight excluding hydrogens is 380 g/mol. The number of carboxylic acids is 1. The first-order valence-corrected chi connectivity index (χ1v) is 9.14. The van der Waals surface area contributed by atoms with E-state index in [1.54, 1.807) is 19.2 Å². The number of halogens is 1. The highest BCUT2D eigenvalue weighted by Gasteiger charge is 2.21. The number of morpholine rings is 1. The van der Waals surface area contributed by atoms with E-state index < -0.39 is 5.97 Å². The number of hydrogen-bond donors (Lipinski definition) is 2. The number of nitrogens with zero attached hydrogens (tertiary/aromatic N) is 1. The summed E-state index contributed by atoms with van der Waals surface area (Å²) in [5, 5.41) is 12.6. The molecule has 2 N–H and O–H groups in total. The molecule has 1 heterocycles. The summed E-state index contributed by atoms with van der Waals surface area (Å²) in [4.78, 5) is 13.2. The third-order valence-corrected chi connectivity index (χ3v) is 4.86. The van der Waals surface area contributed by atoms with Crippen molar-refractivity contribution in [1.29, 1.82) is 0 Å². The van der Waals surface area contributed by atoms with Gasteiger partial charge in [0, 0.05) is 31.4 Å². The Kier molecular flexibility index (Phi) is 8.11. The molecule has 2 aromatic rings. The van der Waals surface area contributed by atoms with Gasteiger partial charge in [-0.3, -0.25) is 0 Å². The molecule has 28 heavy (non-hydrogen) atoms. The van der Waals surface area contributed by atoms with Gasteiger partial charge in [-0.25, -0.2) is 4.79 Å². The van der Waals surface area contributed by atoms with Gasteiger partial charge in [0.2, 0.25) is 0 Å². The second-order valence-corrected chi connectivity index (χ2v) is 6.70. The number of ether oxygens (including phenoxy) is 2. The molecule has 1 saturated heterocycles. The standard InChI is InChI=1S/C21H26N2O4.ClH/c1-15(17-4-3-5-19(12-17)26-2)22-13-20-14-23(10-11-27-20)18-8-6-16(7-9-18)21(24)25;/h3-9,12,15,20,22H,10-11,13-14H2,1-2H3,(H,24,25);1H/t15-,20?;/m1./s1. The Balaban J connectivity index is 0.00000280. The van der Waals surface area contributed by atoms with Crippen molar-refractivity contribution in [3.05, 3.63) is 59.7 Å². The van der Waals surface area contributed by atoms with Gasteiger partial charge in [0.05, 0.1) is 25.4 Å². The second-order valence-electron chi connectivity index (χ2n) is 6.70. The molecule has 1 aliphatic rings. The minimum atomic E-state index is -0.905. The van der Waals surface area contributed by atoms with Crippen LogP contribution in [0.15, 0.2) is 48.5 Å². The molecule has 0 amide bonds. The minimum Gasteiger partial charge on any atom is -0.497 e. The fourth-order valence-corrected chi connectivity index (χ4v) is 3.23. The lowest BCUT2D eigenvalue weighted by molar-refractivity contribution is 0.0394. The molecule has 7 heteroatoms. The number of hydrogen-bond acceptors (Lipinski definition) is 5. The third kappa shape index (κ3) is 5.61. The van der Waals surface area contributed by atoms with E-state index in [2.05, 4.69) is 23.2 Å². The predicted molar refractivity (Wildman–Crippen MR) is 112 cm³/mol. The van der Waals surface area contributed by atoms with Crippen molar-refractivity contribution in [2.24, 2.45) is 0 Å². The largest absolute Gasteiger partial charge is 0.497 e. The monoisotopic (exact) mass is 406 g/mol. The molecule has 1 unspecified atom stereocenters. The van der Waals surface area contributed by atoms with Crippen LogP contribution >= 0.6 is 12.4 Å². The SMILES string of the molecule is COc1cccc([C@@H](C)NCC2CN(c3ccc(C(=O)O)cc3)CCO2)c1.Cl. The van der Waals surface area contributed by atoms with E-state index in [1.165, 1.54) is 5.56 Å². The maximum Gasteiger partial charge on any atom is 0.335 e. The fraction of sp³-hybridized carbons (Fsp3) is 0.381. The number of anilines is 1. The highest BCUT2D eigenvalue weighted by molar-refractivity contribution is 5.88. The van der Waals surface area contributed by atoms with Crippen molar-refractivity contribution >= 4 is 24.1 Å². The van der Waals surface area contributed by atoms with E-state index in [-0.39, 0.29) is 24.6 Å². The zero-order valence-electron chi connectivity index (χ0n) is 16.1. The van der Waals surface area contributed by atoms with Gasteiger partial charge in [-0.2, -0.15) is 0 Å². The van der Waals surface area contributed by atoms with Gasteiger partial charge in [0.25, 0.3) is 0 Å². The van der Waals surface area contributed by atoms with Crippen LogP contribution in [-0.2, 0) is 4.74 Å². The van der Waals surface area contributed by atoms with Crippen LogP contribution in [0.1, 0.15) is 28.9 Å². The van der Waals surface area contributed by atoms with Crippen molar-refractivity contribution in [3.8, 4) is 5.75 Å². The third-order valence-electron chi connectivity index (χ3n) is 4.86. The van der Waals surface area contributed by atoms with E-state index in [4.69, 9.17) is 14.6 Å². The van der Waals surface area contributed by atoms with Crippen LogP contribution in [0.4, 0.5) is 5.69 Å². The Labute approximate surface area is 171 Å².